The summed E-state index contributed by atoms with van der Waals surface area (Å²) in [7, 11) is 2.92. The fourth-order valence-electron chi connectivity index (χ4n) is 1.53. The van der Waals surface area contributed by atoms with Gasteiger partial charge < -0.3 is 14.8 Å². The number of rotatable bonds is 5. The minimum absolute atomic E-state index is 0.165. The van der Waals surface area contributed by atoms with Crippen molar-refractivity contribution < 1.29 is 14.3 Å². The lowest BCUT2D eigenvalue weighted by Crippen LogP contribution is -2.04. The molecule has 7 heteroatoms. The molecule has 20 heavy (non-hydrogen) atoms. The van der Waals surface area contributed by atoms with E-state index in [0.29, 0.717) is 21.6 Å². The van der Waals surface area contributed by atoms with Crippen LogP contribution in [0.25, 0.3) is 0 Å². The zero-order valence-electron chi connectivity index (χ0n) is 11.0. The van der Waals surface area contributed by atoms with Crippen LogP contribution in [0.15, 0.2) is 23.6 Å². The quantitative estimate of drug-likeness (QED) is 0.859. The van der Waals surface area contributed by atoms with E-state index in [2.05, 4.69) is 15.0 Å². The number of methoxy groups -OCH3 is 2. The third-order valence-electron chi connectivity index (χ3n) is 2.51. The predicted octanol–water partition coefficient (Wildman–Crippen LogP) is 3.26. The van der Waals surface area contributed by atoms with E-state index in [9.17, 15) is 4.79 Å². The molecule has 0 saturated heterocycles. The molecule has 0 saturated carbocycles. The molecule has 0 atom stereocenters. The zero-order valence-corrected chi connectivity index (χ0v) is 12.5. The third-order valence-corrected chi connectivity index (χ3v) is 3.61. The third kappa shape index (κ3) is 3.61. The number of ether oxygens (including phenoxy) is 2. The summed E-state index contributed by atoms with van der Waals surface area (Å²) in [4.78, 5) is 15.5. The van der Waals surface area contributed by atoms with Crippen molar-refractivity contribution in [2.75, 3.05) is 19.5 Å². The Bertz CT molecular complexity index is 615. The number of anilines is 2. The molecular weight excluding hydrogens is 300 g/mol. The molecule has 0 amide bonds. The number of hydrogen-bond acceptors (Lipinski definition) is 6. The molecular formula is C13H13ClN2O3S. The number of carbonyl (C=O) groups excluding carboxylic acids is 1. The average Bonchev–Trinajstić information content (AvgIpc) is 2.86. The van der Waals surface area contributed by atoms with Crippen LogP contribution in [0.1, 0.15) is 5.69 Å². The molecule has 0 aliphatic heterocycles. The summed E-state index contributed by atoms with van der Waals surface area (Å²) >= 11 is 7.45. The molecule has 106 valence electrons. The molecule has 0 fully saturated rings. The van der Waals surface area contributed by atoms with Gasteiger partial charge in [0.2, 0.25) is 0 Å². The van der Waals surface area contributed by atoms with Crippen LogP contribution >= 0.6 is 22.9 Å². The van der Waals surface area contributed by atoms with E-state index in [1.165, 1.54) is 18.4 Å². The summed E-state index contributed by atoms with van der Waals surface area (Å²) in [5, 5.41) is 6.14. The van der Waals surface area contributed by atoms with Crippen LogP contribution in [0, 0.1) is 0 Å². The lowest BCUT2D eigenvalue weighted by atomic mass is 10.3. The number of halogens is 1. The summed E-state index contributed by atoms with van der Waals surface area (Å²) in [5.41, 5.74) is 1.47. The van der Waals surface area contributed by atoms with Gasteiger partial charge in [-0.15, -0.1) is 11.3 Å². The maximum absolute atomic E-state index is 11.2. The molecule has 0 radical (unpaired) electrons. The Labute approximate surface area is 125 Å². The smallest absolute Gasteiger partial charge is 0.311 e. The minimum Gasteiger partial charge on any atom is -0.495 e. The molecule has 0 spiro atoms. The molecule has 0 bridgehead atoms. The second kappa shape index (κ2) is 6.58. The lowest BCUT2D eigenvalue weighted by molar-refractivity contribution is -0.139. The van der Waals surface area contributed by atoms with Crippen LogP contribution in [0.4, 0.5) is 10.8 Å². The van der Waals surface area contributed by atoms with E-state index in [1.54, 1.807) is 19.2 Å². The van der Waals surface area contributed by atoms with Gasteiger partial charge in [-0.3, -0.25) is 4.79 Å². The number of nitrogens with zero attached hydrogens (tertiary/aromatic N) is 1. The van der Waals surface area contributed by atoms with Crippen LogP contribution < -0.4 is 10.1 Å². The fraction of sp³-hybridized carbons (Fsp3) is 0.231. The monoisotopic (exact) mass is 312 g/mol. The number of carbonyl (C=O) groups is 1. The van der Waals surface area contributed by atoms with Crippen molar-refractivity contribution in [1.29, 1.82) is 0 Å². The first-order valence-electron chi connectivity index (χ1n) is 5.74. The highest BCUT2D eigenvalue weighted by Gasteiger charge is 2.08. The number of thiazole rings is 1. The first-order chi connectivity index (χ1) is 9.62. The number of nitrogens with one attached hydrogen (secondary N) is 1. The first kappa shape index (κ1) is 14.6. The molecule has 5 nitrogen and oxygen atoms in total. The second-order valence-electron chi connectivity index (χ2n) is 3.87. The highest BCUT2D eigenvalue weighted by molar-refractivity contribution is 7.13. The molecule has 2 rings (SSSR count). The van der Waals surface area contributed by atoms with Crippen molar-refractivity contribution in [3.05, 3.63) is 34.3 Å². The van der Waals surface area contributed by atoms with Gasteiger partial charge in [-0.05, 0) is 18.2 Å². The van der Waals surface area contributed by atoms with E-state index < -0.39 is 0 Å². The number of aromatic nitrogens is 1. The van der Waals surface area contributed by atoms with Crippen LogP contribution in [0.2, 0.25) is 5.02 Å². The highest BCUT2D eigenvalue weighted by atomic mass is 35.5. The topological polar surface area (TPSA) is 60.5 Å². The zero-order chi connectivity index (χ0) is 14.5. The first-order valence-corrected chi connectivity index (χ1v) is 7.00. The van der Waals surface area contributed by atoms with Gasteiger partial charge in [-0.25, -0.2) is 4.98 Å². The van der Waals surface area contributed by atoms with Crippen LogP contribution in [0.3, 0.4) is 0 Å². The standard InChI is InChI=1S/C13H13ClN2O3S/c1-18-11-4-3-8(5-10(11)14)15-13-16-9(7-20-13)6-12(17)19-2/h3-5,7H,6H2,1-2H3,(H,15,16). The van der Waals surface area contributed by atoms with Gasteiger partial charge in [0.25, 0.3) is 0 Å². The summed E-state index contributed by atoms with van der Waals surface area (Å²) in [6, 6.07) is 5.36. The largest absolute Gasteiger partial charge is 0.495 e. The van der Waals surface area contributed by atoms with Crippen molar-refractivity contribution in [2.45, 2.75) is 6.42 Å². The molecule has 0 unspecified atom stereocenters. The van der Waals surface area contributed by atoms with Gasteiger partial charge in [0.05, 0.1) is 31.4 Å². The van der Waals surface area contributed by atoms with Gasteiger partial charge in [0, 0.05) is 11.1 Å². The van der Waals surface area contributed by atoms with Crippen molar-refractivity contribution in [2.24, 2.45) is 0 Å². The molecule has 0 aliphatic rings. The Morgan fingerprint density at radius 3 is 2.90 bits per heavy atom. The van der Waals surface area contributed by atoms with E-state index in [4.69, 9.17) is 16.3 Å². The van der Waals surface area contributed by atoms with Gasteiger partial charge >= 0.3 is 5.97 Å². The summed E-state index contributed by atoms with van der Waals surface area (Å²) < 4.78 is 9.68. The molecule has 1 N–H and O–H groups in total. The molecule has 2 aromatic rings. The molecule has 0 aliphatic carbocycles. The Hall–Kier alpha value is -1.79. The maximum Gasteiger partial charge on any atom is 0.311 e. The molecule has 1 aromatic carbocycles. The van der Waals surface area contributed by atoms with E-state index in [0.717, 1.165) is 5.69 Å². The Balaban J connectivity index is 2.06. The van der Waals surface area contributed by atoms with Gasteiger partial charge in [-0.1, -0.05) is 11.6 Å². The van der Waals surface area contributed by atoms with Crippen LogP contribution in [-0.2, 0) is 16.0 Å². The Kier molecular flexibility index (Phi) is 4.81. The fourth-order valence-corrected chi connectivity index (χ4v) is 2.52. The van der Waals surface area contributed by atoms with E-state index in [-0.39, 0.29) is 12.4 Å². The Morgan fingerprint density at radius 1 is 1.45 bits per heavy atom. The Morgan fingerprint density at radius 2 is 2.25 bits per heavy atom. The van der Waals surface area contributed by atoms with Crippen molar-refractivity contribution in [1.82, 2.24) is 4.98 Å². The van der Waals surface area contributed by atoms with Gasteiger partial charge in [0.15, 0.2) is 5.13 Å². The van der Waals surface area contributed by atoms with E-state index in [1.807, 2.05) is 11.4 Å². The van der Waals surface area contributed by atoms with Gasteiger partial charge in [-0.2, -0.15) is 0 Å². The SMILES string of the molecule is COC(=O)Cc1csc(Nc2ccc(OC)c(Cl)c2)n1. The van der Waals surface area contributed by atoms with E-state index >= 15 is 0 Å². The normalized spacial score (nSPS) is 10.2. The lowest BCUT2D eigenvalue weighted by Gasteiger charge is -2.06. The maximum atomic E-state index is 11.2. The summed E-state index contributed by atoms with van der Waals surface area (Å²) in [6.07, 6.45) is 0.165. The average molecular weight is 313 g/mol. The number of benzene rings is 1. The van der Waals surface area contributed by atoms with Gasteiger partial charge in [0.1, 0.15) is 5.75 Å². The van der Waals surface area contributed by atoms with Crippen LogP contribution in [-0.4, -0.2) is 25.2 Å². The number of hydrogen-bond donors (Lipinski definition) is 1. The summed E-state index contributed by atoms with van der Waals surface area (Å²) in [5.74, 6) is 0.303. The van der Waals surface area contributed by atoms with Crippen LogP contribution in [0.5, 0.6) is 5.75 Å². The highest BCUT2D eigenvalue weighted by Crippen LogP contribution is 2.29. The van der Waals surface area contributed by atoms with Crippen molar-refractivity contribution >= 4 is 39.7 Å². The van der Waals surface area contributed by atoms with Crippen molar-refractivity contribution in [3.8, 4) is 5.75 Å². The molecule has 1 heterocycles. The minimum atomic E-state index is -0.311. The molecule has 1 aromatic heterocycles. The van der Waals surface area contributed by atoms with Crippen molar-refractivity contribution in [3.63, 3.8) is 0 Å². The number of esters is 1. The summed E-state index contributed by atoms with van der Waals surface area (Å²) in [6.45, 7) is 0. The predicted molar refractivity (Wildman–Crippen MR) is 79.1 cm³/mol. The second-order valence-corrected chi connectivity index (χ2v) is 5.14.